The minimum absolute atomic E-state index is 0.0361. The normalized spacial score (nSPS) is 17.3. The maximum atomic E-state index is 13.5. The number of hydrogen-bond acceptors (Lipinski definition) is 4. The number of benzene rings is 2. The zero-order valence-electron chi connectivity index (χ0n) is 19.5. The van der Waals surface area contributed by atoms with E-state index in [1.165, 1.54) is 43.5 Å². The maximum absolute atomic E-state index is 13.5. The Hall–Kier alpha value is -1.35. The fourth-order valence-corrected chi connectivity index (χ4v) is 6.98. The Morgan fingerprint density at radius 3 is 1.91 bits per heavy atom. The average molecular weight is 569 g/mol. The van der Waals surface area contributed by atoms with Crippen molar-refractivity contribution >= 4 is 43.7 Å². The van der Waals surface area contributed by atoms with E-state index in [2.05, 4.69) is 15.9 Å². The van der Waals surface area contributed by atoms with Crippen LogP contribution in [0.2, 0.25) is 0 Å². The van der Waals surface area contributed by atoms with Crippen LogP contribution in [0.15, 0.2) is 56.7 Å². The molecule has 34 heavy (non-hydrogen) atoms. The highest BCUT2D eigenvalue weighted by atomic mass is 79.9. The molecule has 2 aromatic rings. The lowest BCUT2D eigenvalue weighted by Gasteiger charge is -2.23. The summed E-state index contributed by atoms with van der Waals surface area (Å²) >= 11 is 4.82. The molecule has 186 valence electrons. The summed E-state index contributed by atoms with van der Waals surface area (Å²) in [7, 11) is -3.75. The number of halogens is 1. The zero-order valence-corrected chi connectivity index (χ0v) is 22.8. The van der Waals surface area contributed by atoms with Crippen LogP contribution in [0.25, 0.3) is 0 Å². The molecule has 0 atom stereocenters. The van der Waals surface area contributed by atoms with Gasteiger partial charge >= 0.3 is 5.97 Å². The van der Waals surface area contributed by atoms with Crippen molar-refractivity contribution in [2.75, 3.05) is 13.1 Å². The van der Waals surface area contributed by atoms with Crippen LogP contribution in [0, 0.1) is 0 Å². The molecule has 0 amide bonds. The van der Waals surface area contributed by atoms with E-state index >= 15 is 0 Å². The first kappa shape index (κ1) is 27.2. The largest absolute Gasteiger partial charge is 0.478 e. The number of carbonyl (C=O) groups is 1. The lowest BCUT2D eigenvalue weighted by atomic mass is 10.1. The standard InChI is InChI=1S/C26H34BrNO4S2/c27-22-13-11-21(12-14-22)20-33-25-16-15-23(19-24(25)26(29)30)34(31,32)28-17-9-7-5-3-1-2-4-6-8-10-18-28/h11-16,19H,1-10,17-18,20H2,(H,29,30). The SMILES string of the molecule is O=C(O)c1cc(S(=O)(=O)N2CCCCCCCCCCCC2)ccc1SCc1ccc(Br)cc1. The van der Waals surface area contributed by atoms with Crippen molar-refractivity contribution < 1.29 is 18.3 Å². The lowest BCUT2D eigenvalue weighted by molar-refractivity contribution is 0.0693. The molecule has 0 saturated carbocycles. The summed E-state index contributed by atoms with van der Waals surface area (Å²) in [5, 5.41) is 9.81. The third-order valence-electron chi connectivity index (χ3n) is 6.19. The Labute approximate surface area is 216 Å². The zero-order chi connectivity index (χ0) is 24.4. The van der Waals surface area contributed by atoms with Gasteiger partial charge in [-0.2, -0.15) is 4.31 Å². The number of nitrogens with zero attached hydrogens (tertiary/aromatic N) is 1. The quantitative estimate of drug-likeness (QED) is 0.369. The molecule has 1 aliphatic heterocycles. The molecule has 2 aromatic carbocycles. The molecule has 1 N–H and O–H groups in total. The first-order valence-electron chi connectivity index (χ1n) is 12.1. The van der Waals surface area contributed by atoms with E-state index in [1.807, 2.05) is 24.3 Å². The summed E-state index contributed by atoms with van der Waals surface area (Å²) in [6.45, 7) is 0.982. The van der Waals surface area contributed by atoms with Crippen LogP contribution in [-0.2, 0) is 15.8 Å². The second-order valence-corrected chi connectivity index (χ2v) is 12.7. The fourth-order valence-electron chi connectivity index (χ4n) is 4.20. The average Bonchev–Trinajstić information content (AvgIpc) is 2.85. The maximum Gasteiger partial charge on any atom is 0.336 e. The van der Waals surface area contributed by atoms with Crippen LogP contribution in [0.4, 0.5) is 0 Å². The molecule has 0 bridgehead atoms. The highest BCUT2D eigenvalue weighted by Gasteiger charge is 2.26. The summed E-state index contributed by atoms with van der Waals surface area (Å²) in [5.41, 5.74) is 1.10. The van der Waals surface area contributed by atoms with Gasteiger partial charge in [0.25, 0.3) is 0 Å². The van der Waals surface area contributed by atoms with Crippen LogP contribution in [-0.4, -0.2) is 36.9 Å². The van der Waals surface area contributed by atoms with E-state index < -0.39 is 16.0 Å². The molecule has 0 aromatic heterocycles. The summed E-state index contributed by atoms with van der Waals surface area (Å²) in [5.74, 6) is -0.508. The van der Waals surface area contributed by atoms with Gasteiger partial charge in [-0.25, -0.2) is 13.2 Å². The van der Waals surface area contributed by atoms with Gasteiger partial charge in [0.1, 0.15) is 0 Å². The summed E-state index contributed by atoms with van der Waals surface area (Å²) in [6, 6.07) is 12.4. The van der Waals surface area contributed by atoms with Gasteiger partial charge in [0.15, 0.2) is 0 Å². The number of sulfonamides is 1. The highest BCUT2D eigenvalue weighted by Crippen LogP contribution is 2.30. The number of carboxylic acids is 1. The van der Waals surface area contributed by atoms with Gasteiger partial charge in [0, 0.05) is 28.2 Å². The van der Waals surface area contributed by atoms with Gasteiger partial charge in [-0.05, 0) is 48.7 Å². The molecule has 1 aliphatic rings. The minimum Gasteiger partial charge on any atom is -0.478 e. The van der Waals surface area contributed by atoms with Gasteiger partial charge < -0.3 is 5.11 Å². The second-order valence-electron chi connectivity index (χ2n) is 8.82. The third-order valence-corrected chi connectivity index (χ3v) is 9.76. The summed E-state index contributed by atoms with van der Waals surface area (Å²) in [6.07, 6.45) is 11.0. The predicted octanol–water partition coefficient (Wildman–Crippen LogP) is 7.34. The lowest BCUT2D eigenvalue weighted by Crippen LogP contribution is -2.33. The van der Waals surface area contributed by atoms with Gasteiger partial charge in [-0.15, -0.1) is 11.8 Å². The van der Waals surface area contributed by atoms with E-state index in [0.717, 1.165) is 48.6 Å². The second kappa shape index (κ2) is 13.7. The molecule has 3 rings (SSSR count). The number of carboxylic acid groups (broad SMARTS) is 1. The molecule has 1 heterocycles. The molecule has 0 spiro atoms. The topological polar surface area (TPSA) is 74.7 Å². The predicted molar refractivity (Wildman–Crippen MR) is 142 cm³/mol. The molecule has 1 fully saturated rings. The monoisotopic (exact) mass is 567 g/mol. The summed E-state index contributed by atoms with van der Waals surface area (Å²) < 4.78 is 29.5. The van der Waals surface area contributed by atoms with Crippen molar-refractivity contribution in [2.24, 2.45) is 0 Å². The van der Waals surface area contributed by atoms with Crippen LogP contribution in [0.5, 0.6) is 0 Å². The van der Waals surface area contributed by atoms with Gasteiger partial charge in [-0.3, -0.25) is 0 Å². The smallest absolute Gasteiger partial charge is 0.336 e. The Bertz CT molecular complexity index is 1030. The van der Waals surface area contributed by atoms with Crippen molar-refractivity contribution in [1.29, 1.82) is 0 Å². The molecular formula is C26H34BrNO4S2. The Kier molecular flexibility index (Phi) is 10.9. The van der Waals surface area contributed by atoms with Gasteiger partial charge in [-0.1, -0.05) is 79.4 Å². The molecule has 8 heteroatoms. The molecule has 0 aliphatic carbocycles. The van der Waals surface area contributed by atoms with Crippen LogP contribution in [0.1, 0.15) is 80.1 Å². The van der Waals surface area contributed by atoms with Crippen molar-refractivity contribution in [2.45, 2.75) is 79.8 Å². The third kappa shape index (κ3) is 8.11. The number of aromatic carboxylic acids is 1. The summed E-state index contributed by atoms with van der Waals surface area (Å²) in [4.78, 5) is 12.6. The number of thioether (sulfide) groups is 1. The van der Waals surface area contributed by atoms with E-state index in [1.54, 1.807) is 16.4 Å². The molecule has 1 saturated heterocycles. The van der Waals surface area contributed by atoms with Crippen molar-refractivity contribution in [3.8, 4) is 0 Å². The van der Waals surface area contributed by atoms with Crippen molar-refractivity contribution in [3.63, 3.8) is 0 Å². The molecule has 5 nitrogen and oxygen atoms in total. The number of hydrogen-bond donors (Lipinski definition) is 1. The van der Waals surface area contributed by atoms with E-state index in [0.29, 0.717) is 23.7 Å². The fraction of sp³-hybridized carbons (Fsp3) is 0.500. The Balaban J connectivity index is 1.77. The first-order chi connectivity index (χ1) is 16.4. The van der Waals surface area contributed by atoms with Gasteiger partial charge in [0.2, 0.25) is 10.0 Å². The van der Waals surface area contributed by atoms with Crippen LogP contribution in [0.3, 0.4) is 0 Å². The first-order valence-corrected chi connectivity index (χ1v) is 15.3. The van der Waals surface area contributed by atoms with Crippen molar-refractivity contribution in [1.82, 2.24) is 4.31 Å². The van der Waals surface area contributed by atoms with Crippen molar-refractivity contribution in [3.05, 3.63) is 58.1 Å². The van der Waals surface area contributed by atoms with E-state index in [-0.39, 0.29) is 10.5 Å². The molecule has 0 radical (unpaired) electrons. The Morgan fingerprint density at radius 1 is 0.853 bits per heavy atom. The van der Waals surface area contributed by atoms with E-state index in [9.17, 15) is 18.3 Å². The minimum atomic E-state index is -3.75. The van der Waals surface area contributed by atoms with Crippen LogP contribution < -0.4 is 0 Å². The Morgan fingerprint density at radius 2 is 1.38 bits per heavy atom. The van der Waals surface area contributed by atoms with E-state index in [4.69, 9.17) is 0 Å². The molecular weight excluding hydrogens is 534 g/mol. The number of rotatable bonds is 6. The molecule has 0 unspecified atom stereocenters. The van der Waals surface area contributed by atoms with Crippen LogP contribution >= 0.6 is 27.7 Å². The van der Waals surface area contributed by atoms with Gasteiger partial charge in [0.05, 0.1) is 10.5 Å². The highest BCUT2D eigenvalue weighted by molar-refractivity contribution is 9.10.